The van der Waals surface area contributed by atoms with Gasteiger partial charge in [0.1, 0.15) is 17.5 Å². The van der Waals surface area contributed by atoms with E-state index in [9.17, 15) is 22.8 Å². The highest BCUT2D eigenvalue weighted by molar-refractivity contribution is 5.96. The Hall–Kier alpha value is -3.55. The van der Waals surface area contributed by atoms with E-state index < -0.39 is 30.1 Å². The average molecular weight is 402 g/mol. The number of hydrogen-bond acceptors (Lipinski definition) is 3. The maximum Gasteiger partial charge on any atom is 0.340 e. The second-order valence-electron chi connectivity index (χ2n) is 6.35. The topological polar surface area (TPSA) is 60.3 Å². The first-order valence-corrected chi connectivity index (χ1v) is 8.63. The van der Waals surface area contributed by atoms with Crippen molar-refractivity contribution in [3.63, 3.8) is 0 Å². The number of nitrogens with zero attached hydrogens (tertiary/aromatic N) is 1. The third kappa shape index (κ3) is 4.48. The molecule has 29 heavy (non-hydrogen) atoms. The molecular formula is C21H17F3N2O3. The normalized spacial score (nSPS) is 10.7. The van der Waals surface area contributed by atoms with Gasteiger partial charge in [0.05, 0.1) is 11.3 Å². The molecule has 8 heteroatoms. The maximum absolute atomic E-state index is 13.6. The van der Waals surface area contributed by atoms with E-state index in [-0.39, 0.29) is 17.1 Å². The minimum atomic E-state index is -0.811. The summed E-state index contributed by atoms with van der Waals surface area (Å²) in [6.07, 6.45) is 0. The lowest BCUT2D eigenvalue weighted by Crippen LogP contribution is -2.21. The van der Waals surface area contributed by atoms with E-state index in [1.54, 1.807) is 36.6 Å². The van der Waals surface area contributed by atoms with Gasteiger partial charge in [0.2, 0.25) is 0 Å². The molecule has 5 nitrogen and oxygen atoms in total. The van der Waals surface area contributed by atoms with Crippen LogP contribution in [0, 0.1) is 31.3 Å². The van der Waals surface area contributed by atoms with Gasteiger partial charge in [-0.2, -0.15) is 0 Å². The van der Waals surface area contributed by atoms with E-state index in [0.29, 0.717) is 17.1 Å². The van der Waals surface area contributed by atoms with Gasteiger partial charge in [0.15, 0.2) is 6.61 Å². The lowest BCUT2D eigenvalue weighted by molar-refractivity contribution is -0.119. The number of aromatic nitrogens is 1. The number of nitrogens with one attached hydrogen (secondary N) is 1. The summed E-state index contributed by atoms with van der Waals surface area (Å²) in [7, 11) is 0. The van der Waals surface area contributed by atoms with Crippen molar-refractivity contribution in [3.05, 3.63) is 82.9 Å². The molecule has 0 aliphatic rings. The monoisotopic (exact) mass is 402 g/mol. The largest absolute Gasteiger partial charge is 0.452 e. The number of hydrogen-bond donors (Lipinski definition) is 1. The summed E-state index contributed by atoms with van der Waals surface area (Å²) >= 11 is 0. The highest BCUT2D eigenvalue weighted by Crippen LogP contribution is 2.22. The lowest BCUT2D eigenvalue weighted by atomic mass is 10.2. The molecule has 0 unspecified atom stereocenters. The third-order valence-electron chi connectivity index (χ3n) is 4.27. The molecule has 1 heterocycles. The third-order valence-corrected chi connectivity index (χ3v) is 4.27. The standard InChI is InChI=1S/C21H17F3N2O3/c1-12-9-17(13(2)26(12)16-6-3-14(22)4-7-16)21(28)29-11-20(27)25-19-10-15(23)5-8-18(19)24/h3-10H,11H2,1-2H3,(H,25,27). The molecule has 3 rings (SSSR count). The second-order valence-corrected chi connectivity index (χ2v) is 6.35. The van der Waals surface area contributed by atoms with Gasteiger partial charge in [-0.05, 0) is 56.3 Å². The summed E-state index contributed by atoms with van der Waals surface area (Å²) in [5.41, 5.74) is 1.82. The number of amides is 1. The fourth-order valence-corrected chi connectivity index (χ4v) is 2.95. The van der Waals surface area contributed by atoms with Crippen LogP contribution in [0.15, 0.2) is 48.5 Å². The molecule has 0 radical (unpaired) electrons. The minimum absolute atomic E-state index is 0.233. The van der Waals surface area contributed by atoms with Gasteiger partial charge in [-0.3, -0.25) is 4.79 Å². The van der Waals surface area contributed by atoms with Crippen molar-refractivity contribution >= 4 is 17.6 Å². The number of carbonyl (C=O) groups is 2. The van der Waals surface area contributed by atoms with Crippen molar-refractivity contribution in [2.75, 3.05) is 11.9 Å². The Morgan fingerprint density at radius 3 is 2.31 bits per heavy atom. The van der Waals surface area contributed by atoms with E-state index in [1.807, 2.05) is 0 Å². The molecule has 1 aromatic heterocycles. The molecule has 0 atom stereocenters. The molecule has 2 aromatic carbocycles. The molecule has 0 aliphatic heterocycles. The van der Waals surface area contributed by atoms with Crippen molar-refractivity contribution in [2.45, 2.75) is 13.8 Å². The van der Waals surface area contributed by atoms with Crippen molar-refractivity contribution in [1.82, 2.24) is 4.57 Å². The van der Waals surface area contributed by atoms with Crippen LogP contribution in [-0.4, -0.2) is 23.1 Å². The van der Waals surface area contributed by atoms with Gasteiger partial charge in [-0.1, -0.05) is 0 Å². The predicted molar refractivity (Wildman–Crippen MR) is 100 cm³/mol. The summed E-state index contributed by atoms with van der Waals surface area (Å²) in [4.78, 5) is 24.3. The van der Waals surface area contributed by atoms with Crippen LogP contribution >= 0.6 is 0 Å². The Kier molecular flexibility index (Phi) is 5.72. The van der Waals surface area contributed by atoms with E-state index in [1.165, 1.54) is 12.1 Å². The van der Waals surface area contributed by atoms with Crippen LogP contribution in [0.3, 0.4) is 0 Å². The van der Waals surface area contributed by atoms with E-state index in [0.717, 1.165) is 18.2 Å². The van der Waals surface area contributed by atoms with Gasteiger partial charge in [0.25, 0.3) is 5.91 Å². The zero-order valence-electron chi connectivity index (χ0n) is 15.6. The number of anilines is 1. The summed E-state index contributed by atoms with van der Waals surface area (Å²) in [6, 6.07) is 9.97. The van der Waals surface area contributed by atoms with Crippen molar-refractivity contribution < 1.29 is 27.5 Å². The first kappa shape index (κ1) is 20.2. The van der Waals surface area contributed by atoms with Crippen LogP contribution in [0.4, 0.5) is 18.9 Å². The fourth-order valence-electron chi connectivity index (χ4n) is 2.95. The van der Waals surface area contributed by atoms with Gasteiger partial charge in [-0.25, -0.2) is 18.0 Å². The van der Waals surface area contributed by atoms with Gasteiger partial charge < -0.3 is 14.6 Å². The first-order valence-electron chi connectivity index (χ1n) is 8.63. The van der Waals surface area contributed by atoms with Gasteiger partial charge in [0, 0.05) is 23.1 Å². The highest BCUT2D eigenvalue weighted by Gasteiger charge is 2.19. The first-order chi connectivity index (χ1) is 13.8. The second kappa shape index (κ2) is 8.22. The molecule has 0 aliphatic carbocycles. The van der Waals surface area contributed by atoms with Gasteiger partial charge >= 0.3 is 5.97 Å². The molecule has 0 saturated heterocycles. The number of esters is 1. The number of ether oxygens (including phenoxy) is 1. The smallest absolute Gasteiger partial charge is 0.340 e. The Morgan fingerprint density at radius 2 is 1.62 bits per heavy atom. The average Bonchev–Trinajstić information content (AvgIpc) is 2.98. The predicted octanol–water partition coefficient (Wildman–Crippen LogP) is 4.31. The molecule has 1 N–H and O–H groups in total. The fraction of sp³-hybridized carbons (Fsp3) is 0.143. The number of aryl methyl sites for hydroxylation is 1. The Morgan fingerprint density at radius 1 is 0.966 bits per heavy atom. The van der Waals surface area contributed by atoms with Crippen LogP contribution in [0.2, 0.25) is 0 Å². The SMILES string of the molecule is Cc1cc(C(=O)OCC(=O)Nc2cc(F)ccc2F)c(C)n1-c1ccc(F)cc1. The Balaban J connectivity index is 1.69. The Bertz CT molecular complexity index is 1080. The summed E-state index contributed by atoms with van der Waals surface area (Å²) in [5, 5.41) is 2.15. The zero-order valence-corrected chi connectivity index (χ0v) is 15.6. The number of halogens is 3. The number of carbonyl (C=O) groups excluding carboxylic acids is 2. The molecule has 0 spiro atoms. The Labute approximate surface area is 164 Å². The summed E-state index contributed by atoms with van der Waals surface area (Å²) in [5.74, 6) is -3.46. The van der Waals surface area contributed by atoms with Crippen LogP contribution in [0.25, 0.3) is 5.69 Å². The minimum Gasteiger partial charge on any atom is -0.452 e. The van der Waals surface area contributed by atoms with E-state index in [2.05, 4.69) is 5.32 Å². The molecular weight excluding hydrogens is 385 g/mol. The van der Waals surface area contributed by atoms with Crippen molar-refractivity contribution in [2.24, 2.45) is 0 Å². The summed E-state index contributed by atoms with van der Waals surface area (Å²) in [6.45, 7) is 2.79. The quantitative estimate of drug-likeness (QED) is 0.647. The van der Waals surface area contributed by atoms with Gasteiger partial charge in [-0.15, -0.1) is 0 Å². The van der Waals surface area contributed by atoms with Crippen LogP contribution in [-0.2, 0) is 9.53 Å². The highest BCUT2D eigenvalue weighted by atomic mass is 19.1. The van der Waals surface area contributed by atoms with Crippen LogP contribution in [0.1, 0.15) is 21.7 Å². The van der Waals surface area contributed by atoms with Crippen molar-refractivity contribution in [3.8, 4) is 5.69 Å². The molecule has 150 valence electrons. The van der Waals surface area contributed by atoms with Crippen molar-refractivity contribution in [1.29, 1.82) is 0 Å². The molecule has 1 amide bonds. The molecule has 3 aromatic rings. The number of benzene rings is 2. The van der Waals surface area contributed by atoms with E-state index >= 15 is 0 Å². The van der Waals surface area contributed by atoms with Crippen LogP contribution < -0.4 is 5.32 Å². The van der Waals surface area contributed by atoms with E-state index in [4.69, 9.17) is 4.74 Å². The van der Waals surface area contributed by atoms with Crippen LogP contribution in [0.5, 0.6) is 0 Å². The maximum atomic E-state index is 13.6. The zero-order chi connectivity index (χ0) is 21.1. The molecule has 0 fully saturated rings. The number of rotatable bonds is 5. The molecule has 0 saturated carbocycles. The lowest BCUT2D eigenvalue weighted by Gasteiger charge is -2.10. The summed E-state index contributed by atoms with van der Waals surface area (Å²) < 4.78 is 46.6. The molecule has 0 bridgehead atoms.